The van der Waals surface area contributed by atoms with Crippen LogP contribution in [0.15, 0.2) is 12.2 Å². The topological polar surface area (TPSA) is 66.8 Å². The number of ether oxygens (including phenoxy) is 1. The maximum absolute atomic E-state index is 11.1. The predicted octanol–water partition coefficient (Wildman–Crippen LogP) is 0.830. The van der Waals surface area contributed by atoms with E-state index in [9.17, 15) is 4.79 Å². The van der Waals surface area contributed by atoms with Crippen molar-refractivity contribution in [2.75, 3.05) is 0 Å². The molecule has 2 atom stereocenters. The summed E-state index contributed by atoms with van der Waals surface area (Å²) in [5.41, 5.74) is -0.522. The van der Waals surface area contributed by atoms with Crippen LogP contribution in [0.1, 0.15) is 27.2 Å². The fourth-order valence-corrected chi connectivity index (χ4v) is 0.797. The molecule has 0 amide bonds. The Kier molecular flexibility index (Phi) is 5.54. The number of hydrogen-bond acceptors (Lipinski definition) is 4. The summed E-state index contributed by atoms with van der Waals surface area (Å²) >= 11 is 0. The van der Waals surface area contributed by atoms with Crippen molar-refractivity contribution in [1.82, 2.24) is 0 Å². The van der Waals surface area contributed by atoms with Crippen molar-refractivity contribution >= 4 is 5.97 Å². The van der Waals surface area contributed by atoms with E-state index in [4.69, 9.17) is 14.9 Å². The van der Waals surface area contributed by atoms with Gasteiger partial charge in [-0.15, -0.1) is 0 Å². The number of aliphatic hydroxyl groups excluding tert-OH is 2. The molecule has 1 radical (unpaired) electrons. The van der Waals surface area contributed by atoms with Crippen molar-refractivity contribution in [2.24, 2.45) is 0 Å². The molecule has 0 aliphatic rings. The lowest BCUT2D eigenvalue weighted by Gasteiger charge is -2.18. The van der Waals surface area contributed by atoms with E-state index in [1.165, 1.54) is 12.2 Å². The van der Waals surface area contributed by atoms with Gasteiger partial charge in [-0.25, -0.2) is 4.79 Å². The van der Waals surface area contributed by atoms with E-state index in [1.54, 1.807) is 20.8 Å². The van der Waals surface area contributed by atoms with Crippen LogP contribution in [-0.4, -0.2) is 34.0 Å². The molecule has 0 saturated carbocycles. The molecule has 0 aromatic heterocycles. The van der Waals surface area contributed by atoms with Gasteiger partial charge >= 0.3 is 5.97 Å². The highest BCUT2D eigenvalue weighted by atomic mass is 16.6. The van der Waals surface area contributed by atoms with Crippen LogP contribution in [0.25, 0.3) is 0 Å². The molecule has 0 unspecified atom stereocenters. The molecule has 4 nitrogen and oxygen atoms in total. The fourth-order valence-electron chi connectivity index (χ4n) is 0.797. The lowest BCUT2D eigenvalue weighted by atomic mass is 10.1. The van der Waals surface area contributed by atoms with Crippen LogP contribution in [0.5, 0.6) is 0 Å². The first kappa shape index (κ1) is 14.1. The third kappa shape index (κ3) is 8.15. The van der Waals surface area contributed by atoms with Crippen LogP contribution < -0.4 is 0 Å². The Labute approximate surface area is 90.6 Å². The fraction of sp³-hybridized carbons (Fsp3) is 0.636. The second-order valence-electron chi connectivity index (χ2n) is 4.31. The van der Waals surface area contributed by atoms with Crippen molar-refractivity contribution in [2.45, 2.75) is 45.0 Å². The van der Waals surface area contributed by atoms with Gasteiger partial charge in [0.2, 0.25) is 0 Å². The third-order valence-corrected chi connectivity index (χ3v) is 1.48. The van der Waals surface area contributed by atoms with E-state index in [0.717, 1.165) is 0 Å². The second kappa shape index (κ2) is 5.88. The van der Waals surface area contributed by atoms with Gasteiger partial charge in [0.1, 0.15) is 5.60 Å². The quantitative estimate of drug-likeness (QED) is 0.538. The molecule has 0 aromatic rings. The van der Waals surface area contributed by atoms with Gasteiger partial charge in [-0.3, -0.25) is 0 Å². The lowest BCUT2D eigenvalue weighted by Crippen LogP contribution is -2.23. The van der Waals surface area contributed by atoms with Crippen molar-refractivity contribution in [1.29, 1.82) is 0 Å². The largest absolute Gasteiger partial charge is 0.457 e. The third-order valence-electron chi connectivity index (χ3n) is 1.48. The molecule has 0 aromatic carbocycles. The summed E-state index contributed by atoms with van der Waals surface area (Å²) in [5, 5.41) is 18.0. The molecule has 0 fully saturated rings. The molecule has 0 aliphatic carbocycles. The Bertz CT molecular complexity index is 225. The minimum Gasteiger partial charge on any atom is -0.457 e. The summed E-state index contributed by atoms with van der Waals surface area (Å²) in [6.07, 6.45) is 0.852. The molecule has 87 valence electrons. The summed E-state index contributed by atoms with van der Waals surface area (Å²) in [5.74, 6) is -0.465. The molecular formula is C11H19O4. The zero-order valence-electron chi connectivity index (χ0n) is 9.43. The van der Waals surface area contributed by atoms with Gasteiger partial charge in [0, 0.05) is 6.08 Å². The van der Waals surface area contributed by atoms with E-state index in [1.807, 2.05) is 0 Å². The molecule has 4 heteroatoms. The molecule has 0 heterocycles. The van der Waals surface area contributed by atoms with Crippen LogP contribution in [0.4, 0.5) is 0 Å². The van der Waals surface area contributed by atoms with Gasteiger partial charge < -0.3 is 14.9 Å². The standard InChI is InChI=1S/C11H19O4/c1-8(12)9(13)6-5-7-10(14)15-11(2,3)4/h5,7-9,12-13H,1,6H2,2-4H3/b7-5+/t8-,9+/m1/s1. The smallest absolute Gasteiger partial charge is 0.330 e. The Morgan fingerprint density at radius 3 is 2.40 bits per heavy atom. The molecule has 0 spiro atoms. The monoisotopic (exact) mass is 215 g/mol. The Morgan fingerprint density at radius 1 is 1.47 bits per heavy atom. The summed E-state index contributed by atoms with van der Waals surface area (Å²) in [7, 11) is 0. The Hall–Kier alpha value is -0.870. The molecule has 0 rings (SSSR count). The number of rotatable bonds is 4. The molecule has 0 saturated heterocycles. The van der Waals surface area contributed by atoms with Crippen molar-refractivity contribution < 1.29 is 19.7 Å². The molecule has 0 aliphatic heterocycles. The van der Waals surface area contributed by atoms with E-state index in [0.29, 0.717) is 0 Å². The van der Waals surface area contributed by atoms with Crippen molar-refractivity contribution in [3.8, 4) is 0 Å². The number of hydrogen-bond donors (Lipinski definition) is 2. The zero-order valence-corrected chi connectivity index (χ0v) is 9.43. The average Bonchev–Trinajstić information content (AvgIpc) is 2.00. The van der Waals surface area contributed by atoms with Crippen LogP contribution >= 0.6 is 0 Å². The summed E-state index contributed by atoms with van der Waals surface area (Å²) in [6, 6.07) is 0. The highest BCUT2D eigenvalue weighted by Crippen LogP contribution is 2.07. The van der Waals surface area contributed by atoms with Gasteiger partial charge in [-0.2, -0.15) is 0 Å². The maximum atomic E-state index is 11.1. The first-order chi connectivity index (χ1) is 6.72. The number of aliphatic hydroxyl groups is 2. The zero-order chi connectivity index (χ0) is 12.1. The first-order valence-corrected chi connectivity index (χ1v) is 4.81. The SMILES string of the molecule is [CH2][C@@H](O)[C@@H](O)C/C=C/C(=O)OC(C)(C)C. The Morgan fingerprint density at radius 2 is 2.00 bits per heavy atom. The number of carbonyl (C=O) groups is 1. The summed E-state index contributed by atoms with van der Waals surface area (Å²) < 4.78 is 4.99. The van der Waals surface area contributed by atoms with Gasteiger partial charge in [0.25, 0.3) is 0 Å². The Balaban J connectivity index is 3.93. The highest BCUT2D eigenvalue weighted by molar-refractivity contribution is 5.82. The first-order valence-electron chi connectivity index (χ1n) is 4.81. The summed E-state index contributed by atoms with van der Waals surface area (Å²) in [4.78, 5) is 11.1. The second-order valence-corrected chi connectivity index (χ2v) is 4.31. The molecular weight excluding hydrogens is 196 g/mol. The van der Waals surface area contributed by atoms with Crippen LogP contribution in [-0.2, 0) is 9.53 Å². The van der Waals surface area contributed by atoms with Crippen LogP contribution in [0.2, 0.25) is 0 Å². The predicted molar refractivity (Wildman–Crippen MR) is 57.0 cm³/mol. The van der Waals surface area contributed by atoms with E-state index in [2.05, 4.69) is 6.92 Å². The lowest BCUT2D eigenvalue weighted by molar-refractivity contribution is -0.148. The van der Waals surface area contributed by atoms with Crippen LogP contribution in [0, 0.1) is 6.92 Å². The number of esters is 1. The minimum absolute atomic E-state index is 0.171. The normalized spacial score (nSPS) is 16.4. The van der Waals surface area contributed by atoms with E-state index < -0.39 is 23.8 Å². The number of carbonyl (C=O) groups excluding carboxylic acids is 1. The average molecular weight is 215 g/mol. The molecule has 0 bridgehead atoms. The van der Waals surface area contributed by atoms with Crippen molar-refractivity contribution in [3.63, 3.8) is 0 Å². The van der Waals surface area contributed by atoms with Crippen LogP contribution in [0.3, 0.4) is 0 Å². The molecule has 2 N–H and O–H groups in total. The van der Waals surface area contributed by atoms with Gasteiger partial charge in [-0.05, 0) is 34.1 Å². The minimum atomic E-state index is -1.05. The highest BCUT2D eigenvalue weighted by Gasteiger charge is 2.14. The van der Waals surface area contributed by atoms with Gasteiger partial charge in [0.05, 0.1) is 12.2 Å². The maximum Gasteiger partial charge on any atom is 0.330 e. The van der Waals surface area contributed by atoms with E-state index in [-0.39, 0.29) is 6.42 Å². The van der Waals surface area contributed by atoms with Gasteiger partial charge in [-0.1, -0.05) is 6.08 Å². The van der Waals surface area contributed by atoms with Crippen molar-refractivity contribution in [3.05, 3.63) is 19.1 Å². The summed E-state index contributed by atoms with van der Waals surface area (Å²) in [6.45, 7) is 8.56. The van der Waals surface area contributed by atoms with E-state index >= 15 is 0 Å². The molecule has 15 heavy (non-hydrogen) atoms. The van der Waals surface area contributed by atoms with Gasteiger partial charge in [0.15, 0.2) is 0 Å².